The van der Waals surface area contributed by atoms with E-state index < -0.39 is 114 Å². The van der Waals surface area contributed by atoms with Gasteiger partial charge in [-0.25, -0.2) is 0 Å². The molecular formula is C50H71N17O10. The molecule has 3 heterocycles. The number of fused-ring (bicyclic) bond motifs is 1. The van der Waals surface area contributed by atoms with E-state index in [2.05, 4.69) is 58.2 Å². The molecule has 10 amide bonds. The lowest BCUT2D eigenvalue weighted by molar-refractivity contribution is -0.146. The van der Waals surface area contributed by atoms with Crippen molar-refractivity contribution in [2.24, 2.45) is 17.2 Å². The Balaban J connectivity index is 1.44. The van der Waals surface area contributed by atoms with Gasteiger partial charge in [-0.15, -0.1) is 0 Å². The van der Waals surface area contributed by atoms with E-state index in [1.807, 2.05) is 18.2 Å². The molecule has 2 aromatic carbocycles. The molecule has 0 aliphatic carbocycles. The third kappa shape index (κ3) is 18.2. The molecule has 2 aliphatic heterocycles. The van der Waals surface area contributed by atoms with Crippen LogP contribution in [0.15, 0.2) is 60.8 Å². The van der Waals surface area contributed by atoms with Crippen LogP contribution in [0.4, 0.5) is 0 Å². The Kier molecular flexibility index (Phi) is 22.1. The van der Waals surface area contributed by atoms with E-state index in [4.69, 9.17) is 28.0 Å². The second-order valence-corrected chi connectivity index (χ2v) is 19.0. The number of H-pyrrole nitrogens is 1. The molecule has 5 rings (SSSR count). The summed E-state index contributed by atoms with van der Waals surface area (Å²) in [6, 6.07) is 5.14. The zero-order valence-electron chi connectivity index (χ0n) is 43.1. The van der Waals surface area contributed by atoms with Crippen LogP contribution >= 0.6 is 0 Å². The topological polar surface area (TPSA) is 436 Å². The number of benzene rings is 2. The number of piperazine rings is 1. The van der Waals surface area contributed by atoms with E-state index in [0.717, 1.165) is 10.9 Å². The van der Waals surface area contributed by atoms with Gasteiger partial charge in [0.25, 0.3) is 0 Å². The van der Waals surface area contributed by atoms with Crippen LogP contribution in [0.5, 0.6) is 0 Å². The minimum atomic E-state index is -1.66. The molecule has 416 valence electrons. The van der Waals surface area contributed by atoms with Crippen LogP contribution < -0.4 is 70.4 Å². The molecule has 0 bridgehead atoms. The number of hydrogen-bond donors (Lipinski definition) is 16. The van der Waals surface area contributed by atoms with Gasteiger partial charge in [0, 0.05) is 56.5 Å². The first-order valence-corrected chi connectivity index (χ1v) is 25.4. The average molecular weight is 1070 g/mol. The highest BCUT2D eigenvalue weighted by Gasteiger charge is 2.40. The van der Waals surface area contributed by atoms with Crippen molar-refractivity contribution < 1.29 is 47.9 Å². The van der Waals surface area contributed by atoms with Gasteiger partial charge < -0.3 is 80.3 Å². The molecule has 8 atom stereocenters. The van der Waals surface area contributed by atoms with Gasteiger partial charge in [-0.2, -0.15) is 0 Å². The molecule has 2 aliphatic rings. The first-order valence-electron chi connectivity index (χ1n) is 25.4. The van der Waals surface area contributed by atoms with E-state index >= 15 is 0 Å². The van der Waals surface area contributed by atoms with Gasteiger partial charge >= 0.3 is 0 Å². The van der Waals surface area contributed by atoms with Crippen molar-refractivity contribution in [1.29, 1.82) is 10.8 Å². The van der Waals surface area contributed by atoms with E-state index in [0.29, 0.717) is 17.5 Å². The minimum Gasteiger partial charge on any atom is -0.370 e. The first-order chi connectivity index (χ1) is 36.7. The fraction of sp³-hybridized carbons (Fsp3) is 0.480. The van der Waals surface area contributed by atoms with Crippen LogP contribution in [0.1, 0.15) is 76.3 Å². The quantitative estimate of drug-likeness (QED) is 0.0396. The highest BCUT2D eigenvalue weighted by Crippen LogP contribution is 2.20. The predicted octanol–water partition coefficient (Wildman–Crippen LogP) is -3.70. The number of nitrogens with zero attached hydrogens (tertiary/aromatic N) is 1. The number of guanidine groups is 2. The number of nitrogens with one attached hydrogen (secondary N) is 13. The highest BCUT2D eigenvalue weighted by molar-refractivity contribution is 6.00. The van der Waals surface area contributed by atoms with Gasteiger partial charge in [0.05, 0.1) is 13.0 Å². The lowest BCUT2D eigenvalue weighted by atomic mass is 10.0. The molecule has 27 heteroatoms. The molecule has 0 unspecified atom stereocenters. The van der Waals surface area contributed by atoms with Gasteiger partial charge in [0.1, 0.15) is 48.3 Å². The van der Waals surface area contributed by atoms with Crippen LogP contribution in [0, 0.1) is 10.8 Å². The Hall–Kier alpha value is -8.78. The van der Waals surface area contributed by atoms with Gasteiger partial charge in [-0.05, 0) is 69.1 Å². The number of carbonyl (C=O) groups is 10. The molecule has 0 radical (unpaired) electrons. The predicted molar refractivity (Wildman–Crippen MR) is 281 cm³/mol. The van der Waals surface area contributed by atoms with E-state index in [1.54, 1.807) is 42.6 Å². The summed E-state index contributed by atoms with van der Waals surface area (Å²) in [7, 11) is 0. The van der Waals surface area contributed by atoms with E-state index in [1.165, 1.54) is 18.7 Å². The summed E-state index contributed by atoms with van der Waals surface area (Å²) in [5.74, 6) is -8.59. The molecule has 2 saturated heterocycles. The van der Waals surface area contributed by atoms with Gasteiger partial charge in [-0.3, -0.25) is 58.8 Å². The SMILES string of the molecule is CC(=O)N1C[C@H](C(=O)N[C@H]2CC(=O)NCCCC[C@@H](C(N)=O)NC(=O)[C@H](Cc3c[nH]c4ccccc34)NC(=O)[C@H](CCCNC(=N)N)NC(=O)[C@@H](Cc3ccccc3)NC(=O)[C@H](C)NC2=O)NC(=O)[C@@H]1CCCNC(=N)N. The number of para-hydroxylation sites is 1. The molecule has 77 heavy (non-hydrogen) atoms. The van der Waals surface area contributed by atoms with Crippen LogP contribution in [0.25, 0.3) is 10.9 Å². The van der Waals surface area contributed by atoms with Crippen molar-refractivity contribution in [3.05, 3.63) is 71.9 Å². The van der Waals surface area contributed by atoms with Crippen molar-refractivity contribution >= 4 is 81.9 Å². The lowest BCUT2D eigenvalue weighted by Gasteiger charge is -2.38. The Bertz CT molecular complexity index is 2650. The lowest BCUT2D eigenvalue weighted by Crippen LogP contribution is -2.66. The number of aromatic nitrogens is 1. The molecular weight excluding hydrogens is 999 g/mol. The fourth-order valence-corrected chi connectivity index (χ4v) is 8.89. The summed E-state index contributed by atoms with van der Waals surface area (Å²) in [4.78, 5) is 142. The largest absolute Gasteiger partial charge is 0.370 e. The number of nitrogens with two attached hydrogens (primary N) is 3. The zero-order valence-corrected chi connectivity index (χ0v) is 43.1. The molecule has 19 N–H and O–H groups in total. The summed E-state index contributed by atoms with van der Waals surface area (Å²) in [5, 5.41) is 42.0. The second-order valence-electron chi connectivity index (χ2n) is 19.0. The van der Waals surface area contributed by atoms with Crippen LogP contribution in [0.3, 0.4) is 0 Å². The number of carbonyl (C=O) groups excluding carboxylic acids is 10. The van der Waals surface area contributed by atoms with Crippen molar-refractivity contribution in [3.8, 4) is 0 Å². The van der Waals surface area contributed by atoms with Crippen LogP contribution in [0.2, 0.25) is 0 Å². The van der Waals surface area contributed by atoms with E-state index in [9.17, 15) is 47.9 Å². The zero-order chi connectivity index (χ0) is 56.2. The van der Waals surface area contributed by atoms with Crippen LogP contribution in [-0.2, 0) is 60.8 Å². The number of rotatable bonds is 15. The molecule has 0 saturated carbocycles. The monoisotopic (exact) mass is 1070 g/mol. The normalized spacial score (nSPS) is 23.6. The van der Waals surface area contributed by atoms with E-state index in [-0.39, 0.29) is 89.5 Å². The number of aromatic amines is 1. The summed E-state index contributed by atoms with van der Waals surface area (Å²) in [6.45, 7) is 2.60. The summed E-state index contributed by atoms with van der Waals surface area (Å²) in [6.07, 6.45) is 1.95. The second kappa shape index (κ2) is 28.8. The maximum atomic E-state index is 14.5. The standard InChI is InChI=1S/C50H71N17O10/c1-27-42(71)63-35(22-29-12-4-3-5-13-29)45(74)62-34(17-10-20-57-49(52)53)43(72)64-36(23-30-25-59-32-15-7-6-14-31(30)32)46(75)61-33(41(51)70)16-8-9-19-56-40(69)24-37(44(73)60-27)65-47(76)38-26-67(28(2)68)39(48(77)66-38)18-11-21-58-50(54)55/h3-7,12-15,25,27,33-39,59H,8-11,16-24,26H2,1-2H3,(H2,51,70)(H,56,69)(H,60,73)(H,61,75)(H,62,74)(H,63,71)(H,64,72)(H,65,76)(H,66,77)(H4,52,53,57)(H4,54,55,58)/t27-,33-,34-,35+,36-,37-,38+,39-/m0/s1. The smallest absolute Gasteiger partial charge is 0.245 e. The Morgan fingerprint density at radius 2 is 1.27 bits per heavy atom. The fourth-order valence-electron chi connectivity index (χ4n) is 8.89. The van der Waals surface area contributed by atoms with Crippen LogP contribution in [-0.4, -0.2) is 155 Å². The third-order valence-corrected chi connectivity index (χ3v) is 13.0. The first kappa shape index (κ1) is 59.1. The van der Waals surface area contributed by atoms with Crippen molar-refractivity contribution in [2.45, 2.75) is 126 Å². The Morgan fingerprint density at radius 1 is 0.675 bits per heavy atom. The third-order valence-electron chi connectivity index (χ3n) is 13.0. The Labute approximate surface area is 444 Å². The molecule has 2 fully saturated rings. The van der Waals surface area contributed by atoms with Crippen molar-refractivity contribution in [3.63, 3.8) is 0 Å². The molecule has 0 spiro atoms. The number of primary amides is 1. The molecule has 27 nitrogen and oxygen atoms in total. The maximum absolute atomic E-state index is 14.5. The minimum absolute atomic E-state index is 0.00133. The maximum Gasteiger partial charge on any atom is 0.245 e. The van der Waals surface area contributed by atoms with Crippen molar-refractivity contribution in [2.75, 3.05) is 26.2 Å². The summed E-state index contributed by atoms with van der Waals surface area (Å²) in [5.41, 5.74) is 18.6. The molecule has 1 aromatic heterocycles. The van der Waals surface area contributed by atoms with Gasteiger partial charge in [0.15, 0.2) is 11.9 Å². The van der Waals surface area contributed by atoms with Gasteiger partial charge in [-0.1, -0.05) is 48.5 Å². The Morgan fingerprint density at radius 3 is 1.95 bits per heavy atom. The molecule has 3 aromatic rings. The van der Waals surface area contributed by atoms with Gasteiger partial charge in [0.2, 0.25) is 59.1 Å². The summed E-state index contributed by atoms with van der Waals surface area (Å²) < 4.78 is 0. The average Bonchev–Trinajstić information content (AvgIpc) is 3.80. The summed E-state index contributed by atoms with van der Waals surface area (Å²) >= 11 is 0. The number of hydrogen-bond acceptors (Lipinski definition) is 12. The van der Waals surface area contributed by atoms with Crippen molar-refractivity contribution in [1.82, 2.24) is 63.1 Å². The number of amides is 10. The highest BCUT2D eigenvalue weighted by atomic mass is 16.2.